The average Bonchev–Trinajstić information content (AvgIpc) is 2.81. The first-order valence-electron chi connectivity index (χ1n) is 7.29. The van der Waals surface area contributed by atoms with Gasteiger partial charge in [0.05, 0.1) is 22.6 Å². The molecule has 3 rings (SSSR count). The van der Waals surface area contributed by atoms with Crippen molar-refractivity contribution in [3.05, 3.63) is 44.8 Å². The summed E-state index contributed by atoms with van der Waals surface area (Å²) in [6, 6.07) is 8.29. The Labute approximate surface area is 138 Å². The van der Waals surface area contributed by atoms with Gasteiger partial charge in [-0.3, -0.25) is 4.79 Å². The molecule has 110 valence electrons. The van der Waals surface area contributed by atoms with Crippen LogP contribution in [-0.4, -0.2) is 15.6 Å². The zero-order valence-corrected chi connectivity index (χ0v) is 14.8. The third kappa shape index (κ3) is 2.65. The standard InChI is InChI=1S/C17H19IN2O/c1-17(2,3)16-15-13(5-4-6-14(15)21)20(19-16)12-9-7-11(18)8-10-12/h7-10H,4-6H2,1-3H3. The predicted octanol–water partition coefficient (Wildman–Crippen LogP) is 4.29. The Bertz CT molecular complexity index is 693. The highest BCUT2D eigenvalue weighted by molar-refractivity contribution is 14.1. The summed E-state index contributed by atoms with van der Waals surface area (Å²) in [5, 5.41) is 4.81. The average molecular weight is 394 g/mol. The molecule has 0 saturated heterocycles. The number of rotatable bonds is 1. The summed E-state index contributed by atoms with van der Waals surface area (Å²) in [7, 11) is 0. The Morgan fingerprint density at radius 1 is 1.14 bits per heavy atom. The molecule has 0 spiro atoms. The Kier molecular flexibility index (Phi) is 3.67. The maximum Gasteiger partial charge on any atom is 0.166 e. The van der Waals surface area contributed by atoms with Crippen LogP contribution in [0.4, 0.5) is 0 Å². The Balaban J connectivity index is 2.22. The summed E-state index contributed by atoms with van der Waals surface area (Å²) >= 11 is 2.30. The van der Waals surface area contributed by atoms with Gasteiger partial charge in [0, 0.05) is 15.4 Å². The minimum Gasteiger partial charge on any atom is -0.294 e. The topological polar surface area (TPSA) is 34.9 Å². The van der Waals surface area contributed by atoms with Crippen molar-refractivity contribution in [3.63, 3.8) is 0 Å². The fourth-order valence-electron chi connectivity index (χ4n) is 2.84. The van der Waals surface area contributed by atoms with Crippen molar-refractivity contribution in [1.82, 2.24) is 9.78 Å². The number of hydrogen-bond acceptors (Lipinski definition) is 2. The molecule has 0 saturated carbocycles. The first-order chi connectivity index (χ1) is 9.88. The zero-order valence-electron chi connectivity index (χ0n) is 12.6. The van der Waals surface area contributed by atoms with E-state index in [4.69, 9.17) is 5.10 Å². The molecule has 0 amide bonds. The second-order valence-corrected chi connectivity index (χ2v) is 7.83. The van der Waals surface area contributed by atoms with Crippen molar-refractivity contribution >= 4 is 28.4 Å². The lowest BCUT2D eigenvalue weighted by Gasteiger charge is -2.18. The summed E-state index contributed by atoms with van der Waals surface area (Å²) in [5.41, 5.74) is 3.80. The van der Waals surface area contributed by atoms with Crippen LogP contribution >= 0.6 is 22.6 Å². The minimum absolute atomic E-state index is 0.120. The molecular formula is C17H19IN2O. The number of Topliss-reactive ketones (excluding diaryl/α,β-unsaturated/α-hetero) is 1. The predicted molar refractivity (Wildman–Crippen MR) is 92.2 cm³/mol. The van der Waals surface area contributed by atoms with Gasteiger partial charge >= 0.3 is 0 Å². The number of fused-ring (bicyclic) bond motifs is 1. The van der Waals surface area contributed by atoms with Crippen molar-refractivity contribution in [1.29, 1.82) is 0 Å². The van der Waals surface area contributed by atoms with Gasteiger partial charge in [-0.15, -0.1) is 0 Å². The molecule has 0 fully saturated rings. The van der Waals surface area contributed by atoms with E-state index >= 15 is 0 Å². The van der Waals surface area contributed by atoms with E-state index in [1.807, 2.05) is 4.68 Å². The number of carbonyl (C=O) groups is 1. The first kappa shape index (κ1) is 14.8. The van der Waals surface area contributed by atoms with Gasteiger partial charge in [-0.1, -0.05) is 20.8 Å². The molecule has 21 heavy (non-hydrogen) atoms. The van der Waals surface area contributed by atoms with E-state index in [0.717, 1.165) is 35.5 Å². The van der Waals surface area contributed by atoms with Crippen LogP contribution in [0.3, 0.4) is 0 Å². The minimum atomic E-state index is -0.120. The maximum atomic E-state index is 12.4. The summed E-state index contributed by atoms with van der Waals surface area (Å²) < 4.78 is 3.17. The second kappa shape index (κ2) is 5.23. The molecule has 4 heteroatoms. The Morgan fingerprint density at radius 2 is 1.81 bits per heavy atom. The van der Waals surface area contributed by atoms with Gasteiger partial charge in [0.1, 0.15) is 0 Å². The van der Waals surface area contributed by atoms with E-state index < -0.39 is 0 Å². The molecule has 3 nitrogen and oxygen atoms in total. The van der Waals surface area contributed by atoms with E-state index in [1.54, 1.807) is 0 Å². The van der Waals surface area contributed by atoms with E-state index in [0.29, 0.717) is 6.42 Å². The number of ketones is 1. The molecule has 0 unspecified atom stereocenters. The van der Waals surface area contributed by atoms with Gasteiger partial charge in [-0.25, -0.2) is 4.68 Å². The second-order valence-electron chi connectivity index (χ2n) is 6.59. The van der Waals surface area contributed by atoms with Crippen molar-refractivity contribution < 1.29 is 4.79 Å². The highest BCUT2D eigenvalue weighted by Crippen LogP contribution is 2.33. The molecule has 2 aromatic rings. The molecular weight excluding hydrogens is 375 g/mol. The highest BCUT2D eigenvalue weighted by atomic mass is 127. The smallest absolute Gasteiger partial charge is 0.166 e. The molecule has 1 aromatic carbocycles. The lowest BCUT2D eigenvalue weighted by Crippen LogP contribution is -2.19. The quantitative estimate of drug-likeness (QED) is 0.677. The lowest BCUT2D eigenvalue weighted by atomic mass is 9.84. The fourth-order valence-corrected chi connectivity index (χ4v) is 3.20. The van der Waals surface area contributed by atoms with Crippen molar-refractivity contribution in [2.75, 3.05) is 0 Å². The summed E-state index contributed by atoms with van der Waals surface area (Å²) in [5.74, 6) is 0.248. The van der Waals surface area contributed by atoms with E-state index in [1.165, 1.54) is 3.57 Å². The van der Waals surface area contributed by atoms with Gasteiger partial charge in [-0.2, -0.15) is 5.10 Å². The van der Waals surface area contributed by atoms with Crippen LogP contribution in [0, 0.1) is 3.57 Å². The van der Waals surface area contributed by atoms with Crippen LogP contribution < -0.4 is 0 Å². The molecule has 1 heterocycles. The number of hydrogen-bond donors (Lipinski definition) is 0. The largest absolute Gasteiger partial charge is 0.294 e. The van der Waals surface area contributed by atoms with Crippen LogP contribution in [0.5, 0.6) is 0 Å². The van der Waals surface area contributed by atoms with Gasteiger partial charge in [0.2, 0.25) is 0 Å². The van der Waals surface area contributed by atoms with Crippen LogP contribution in [0.15, 0.2) is 24.3 Å². The molecule has 1 aliphatic rings. The normalized spacial score (nSPS) is 15.1. The van der Waals surface area contributed by atoms with E-state index in [-0.39, 0.29) is 11.2 Å². The molecule has 1 aromatic heterocycles. The third-order valence-electron chi connectivity index (χ3n) is 3.86. The van der Waals surface area contributed by atoms with E-state index in [2.05, 4.69) is 67.6 Å². The van der Waals surface area contributed by atoms with Crippen molar-refractivity contribution in [3.8, 4) is 5.69 Å². The molecule has 0 bridgehead atoms. The SMILES string of the molecule is CC(C)(C)c1nn(-c2ccc(I)cc2)c2c1C(=O)CCC2. The van der Waals surface area contributed by atoms with E-state index in [9.17, 15) is 4.79 Å². The Morgan fingerprint density at radius 3 is 2.43 bits per heavy atom. The Hall–Kier alpha value is -1.17. The number of benzene rings is 1. The van der Waals surface area contributed by atoms with Crippen LogP contribution in [0.2, 0.25) is 0 Å². The molecule has 0 N–H and O–H groups in total. The van der Waals surface area contributed by atoms with Gasteiger partial charge < -0.3 is 0 Å². The molecule has 0 aliphatic heterocycles. The highest BCUT2D eigenvalue weighted by Gasteiger charge is 2.32. The van der Waals surface area contributed by atoms with Gasteiger partial charge in [0.25, 0.3) is 0 Å². The van der Waals surface area contributed by atoms with Gasteiger partial charge in [-0.05, 0) is 59.7 Å². The van der Waals surface area contributed by atoms with Crippen molar-refractivity contribution in [2.24, 2.45) is 0 Å². The van der Waals surface area contributed by atoms with Crippen molar-refractivity contribution in [2.45, 2.75) is 45.4 Å². The van der Waals surface area contributed by atoms with Crippen LogP contribution in [-0.2, 0) is 11.8 Å². The third-order valence-corrected chi connectivity index (χ3v) is 4.58. The zero-order chi connectivity index (χ0) is 15.2. The maximum absolute atomic E-state index is 12.4. The summed E-state index contributed by atoms with van der Waals surface area (Å²) in [6.07, 6.45) is 2.50. The van der Waals surface area contributed by atoms with Crippen LogP contribution in [0.1, 0.15) is 55.4 Å². The monoisotopic (exact) mass is 394 g/mol. The first-order valence-corrected chi connectivity index (χ1v) is 8.37. The number of carbonyl (C=O) groups excluding carboxylic acids is 1. The lowest BCUT2D eigenvalue weighted by molar-refractivity contribution is 0.0970. The molecule has 0 radical (unpaired) electrons. The van der Waals surface area contributed by atoms with Gasteiger partial charge in [0.15, 0.2) is 5.78 Å². The number of nitrogens with zero attached hydrogens (tertiary/aromatic N) is 2. The molecule has 1 aliphatic carbocycles. The number of halogens is 1. The molecule has 0 atom stereocenters. The number of aromatic nitrogens is 2. The summed E-state index contributed by atoms with van der Waals surface area (Å²) in [4.78, 5) is 12.4. The fraction of sp³-hybridized carbons (Fsp3) is 0.412. The van der Waals surface area contributed by atoms with Crippen LogP contribution in [0.25, 0.3) is 5.69 Å². The summed E-state index contributed by atoms with van der Waals surface area (Å²) in [6.45, 7) is 6.36.